The Morgan fingerprint density at radius 1 is 0.875 bits per heavy atom. The number of anilines is 1. The summed E-state index contributed by atoms with van der Waals surface area (Å²) in [6.45, 7) is 8.94. The number of benzene rings is 3. The lowest BCUT2D eigenvalue weighted by Gasteiger charge is -2.32. The second kappa shape index (κ2) is 13.5. The number of amides is 2. The van der Waals surface area contributed by atoms with Crippen molar-refractivity contribution < 1.29 is 22.7 Å². The molecule has 2 atom stereocenters. The van der Waals surface area contributed by atoms with Gasteiger partial charge in [-0.05, 0) is 76.1 Å². The quantitative estimate of drug-likeness (QED) is 0.339. The number of aryl methyl sites for hydroxylation is 2. The number of nitrogens with one attached hydrogen (secondary N) is 1. The monoisotopic (exact) mass is 565 g/mol. The van der Waals surface area contributed by atoms with Crippen LogP contribution in [0.25, 0.3) is 0 Å². The highest BCUT2D eigenvalue weighted by molar-refractivity contribution is 7.92. The van der Waals surface area contributed by atoms with Gasteiger partial charge < -0.3 is 15.0 Å². The third-order valence-corrected chi connectivity index (χ3v) is 8.68. The van der Waals surface area contributed by atoms with E-state index < -0.39 is 28.5 Å². The first-order valence-electron chi connectivity index (χ1n) is 13.3. The Balaban J connectivity index is 2.01. The number of methoxy groups -OCH3 is 1. The molecule has 0 saturated heterocycles. The third-order valence-electron chi connectivity index (χ3n) is 6.89. The van der Waals surface area contributed by atoms with Crippen LogP contribution in [0.3, 0.4) is 0 Å². The highest BCUT2D eigenvalue weighted by atomic mass is 32.2. The molecule has 2 amide bonds. The Labute approximate surface area is 238 Å². The van der Waals surface area contributed by atoms with E-state index in [4.69, 9.17) is 4.74 Å². The summed E-state index contributed by atoms with van der Waals surface area (Å²) in [7, 11) is -2.52. The number of nitrogens with zero attached hydrogens (tertiary/aromatic N) is 2. The molecule has 3 rings (SSSR count). The van der Waals surface area contributed by atoms with Crippen LogP contribution in [0.2, 0.25) is 0 Å². The summed E-state index contributed by atoms with van der Waals surface area (Å²) in [4.78, 5) is 28.6. The van der Waals surface area contributed by atoms with Crippen molar-refractivity contribution in [3.63, 3.8) is 0 Å². The summed E-state index contributed by atoms with van der Waals surface area (Å²) >= 11 is 0. The molecule has 214 valence electrons. The van der Waals surface area contributed by atoms with Gasteiger partial charge in [-0.3, -0.25) is 13.9 Å². The molecule has 40 heavy (non-hydrogen) atoms. The topological polar surface area (TPSA) is 96.0 Å². The molecule has 8 nitrogen and oxygen atoms in total. The van der Waals surface area contributed by atoms with E-state index in [1.807, 2.05) is 39.8 Å². The number of hydrogen-bond donors (Lipinski definition) is 1. The Bertz CT molecular complexity index is 1390. The van der Waals surface area contributed by atoms with Crippen molar-refractivity contribution in [3.8, 4) is 5.75 Å². The second-order valence-corrected chi connectivity index (χ2v) is 11.9. The van der Waals surface area contributed by atoms with Crippen LogP contribution in [0, 0.1) is 13.8 Å². The minimum absolute atomic E-state index is 0.0705. The Morgan fingerprint density at radius 3 is 1.95 bits per heavy atom. The number of carbonyl (C=O) groups is 2. The van der Waals surface area contributed by atoms with E-state index in [9.17, 15) is 18.0 Å². The lowest BCUT2D eigenvalue weighted by Crippen LogP contribution is -2.52. The molecule has 0 spiro atoms. The number of hydrogen-bond acceptors (Lipinski definition) is 5. The summed E-state index contributed by atoms with van der Waals surface area (Å²) in [6, 6.07) is 19.8. The molecule has 0 aliphatic carbocycles. The van der Waals surface area contributed by atoms with Gasteiger partial charge in [-0.15, -0.1) is 0 Å². The summed E-state index contributed by atoms with van der Waals surface area (Å²) in [5.41, 5.74) is 3.02. The Hall–Kier alpha value is -3.85. The van der Waals surface area contributed by atoms with E-state index in [2.05, 4.69) is 5.32 Å². The van der Waals surface area contributed by atoms with Crippen molar-refractivity contribution in [3.05, 3.63) is 89.5 Å². The van der Waals surface area contributed by atoms with Gasteiger partial charge in [0, 0.05) is 12.6 Å². The second-order valence-electron chi connectivity index (χ2n) is 10.0. The lowest BCUT2D eigenvalue weighted by molar-refractivity contribution is -0.139. The van der Waals surface area contributed by atoms with Crippen molar-refractivity contribution in [2.45, 2.75) is 64.6 Å². The van der Waals surface area contributed by atoms with E-state index in [0.29, 0.717) is 11.4 Å². The number of sulfonamides is 1. The van der Waals surface area contributed by atoms with E-state index in [-0.39, 0.29) is 23.4 Å². The average Bonchev–Trinajstić information content (AvgIpc) is 2.95. The van der Waals surface area contributed by atoms with E-state index in [0.717, 1.165) is 27.4 Å². The van der Waals surface area contributed by atoms with Crippen molar-refractivity contribution in [1.82, 2.24) is 10.2 Å². The maximum atomic E-state index is 14.0. The van der Waals surface area contributed by atoms with Crippen LogP contribution in [-0.4, -0.2) is 50.9 Å². The average molecular weight is 566 g/mol. The van der Waals surface area contributed by atoms with Crippen LogP contribution in [0.15, 0.2) is 77.7 Å². The van der Waals surface area contributed by atoms with E-state index >= 15 is 0 Å². The standard InChI is InChI=1S/C31H39N3O5S/c1-7-24(4)32-31(36)25(5)33(20-26-12-16-28(39-6)17-13-26)30(35)21-34(27-14-8-22(2)9-15-27)40(37,38)29-18-10-23(3)11-19-29/h8-19,24-25H,7,20-21H2,1-6H3,(H,32,36). The zero-order valence-electron chi connectivity index (χ0n) is 24.0. The Morgan fingerprint density at radius 2 is 1.43 bits per heavy atom. The first-order valence-corrected chi connectivity index (χ1v) is 14.8. The zero-order chi connectivity index (χ0) is 29.4. The highest BCUT2D eigenvalue weighted by Crippen LogP contribution is 2.25. The predicted octanol–water partition coefficient (Wildman–Crippen LogP) is 4.84. The number of ether oxygens (including phenoxy) is 1. The minimum Gasteiger partial charge on any atom is -0.497 e. The molecule has 0 heterocycles. The van der Waals surface area contributed by atoms with E-state index in [1.165, 1.54) is 17.0 Å². The maximum Gasteiger partial charge on any atom is 0.264 e. The van der Waals surface area contributed by atoms with Crippen molar-refractivity contribution >= 4 is 27.5 Å². The fourth-order valence-corrected chi connectivity index (χ4v) is 5.47. The van der Waals surface area contributed by atoms with Crippen molar-refractivity contribution in [2.75, 3.05) is 18.0 Å². The van der Waals surface area contributed by atoms with Gasteiger partial charge >= 0.3 is 0 Å². The number of carbonyl (C=O) groups excluding carboxylic acids is 2. The van der Waals surface area contributed by atoms with Gasteiger partial charge in [-0.25, -0.2) is 8.42 Å². The van der Waals surface area contributed by atoms with Gasteiger partial charge in [0.05, 0.1) is 17.7 Å². The smallest absolute Gasteiger partial charge is 0.264 e. The SMILES string of the molecule is CCC(C)NC(=O)C(C)N(Cc1ccc(OC)cc1)C(=O)CN(c1ccc(C)cc1)S(=O)(=O)c1ccc(C)cc1. The van der Waals surface area contributed by atoms with Crippen molar-refractivity contribution in [1.29, 1.82) is 0 Å². The lowest BCUT2D eigenvalue weighted by atomic mass is 10.1. The molecule has 1 N–H and O–H groups in total. The zero-order valence-corrected chi connectivity index (χ0v) is 24.9. The third kappa shape index (κ3) is 7.63. The molecule has 0 radical (unpaired) electrons. The van der Waals surface area contributed by atoms with Gasteiger partial charge in [0.1, 0.15) is 18.3 Å². The molecule has 0 aliphatic heterocycles. The molecule has 0 bridgehead atoms. The van der Waals surface area contributed by atoms with Gasteiger partial charge in [-0.2, -0.15) is 0 Å². The Kier molecular flexibility index (Phi) is 10.3. The van der Waals surface area contributed by atoms with Gasteiger partial charge in [0.15, 0.2) is 0 Å². The van der Waals surface area contributed by atoms with Crippen LogP contribution >= 0.6 is 0 Å². The van der Waals surface area contributed by atoms with Crippen LogP contribution < -0.4 is 14.4 Å². The summed E-state index contributed by atoms with van der Waals surface area (Å²) in [6.07, 6.45) is 0.737. The van der Waals surface area contributed by atoms with Gasteiger partial charge in [0.25, 0.3) is 10.0 Å². The van der Waals surface area contributed by atoms with E-state index in [1.54, 1.807) is 62.6 Å². The summed E-state index contributed by atoms with van der Waals surface area (Å²) in [5, 5.41) is 2.94. The molecular weight excluding hydrogens is 526 g/mol. The fraction of sp³-hybridized carbons (Fsp3) is 0.355. The predicted molar refractivity (Wildman–Crippen MR) is 158 cm³/mol. The number of rotatable bonds is 12. The highest BCUT2D eigenvalue weighted by Gasteiger charge is 2.32. The van der Waals surface area contributed by atoms with Gasteiger partial charge in [0.2, 0.25) is 11.8 Å². The van der Waals surface area contributed by atoms with Crippen LogP contribution in [-0.2, 0) is 26.2 Å². The molecule has 2 unspecified atom stereocenters. The maximum absolute atomic E-state index is 14.0. The van der Waals surface area contributed by atoms with Gasteiger partial charge in [-0.1, -0.05) is 54.4 Å². The minimum atomic E-state index is -4.09. The van der Waals surface area contributed by atoms with Crippen LogP contribution in [0.5, 0.6) is 5.75 Å². The summed E-state index contributed by atoms with van der Waals surface area (Å²) in [5.74, 6) is -0.141. The molecule has 0 fully saturated rings. The molecular formula is C31H39N3O5S. The molecule has 9 heteroatoms. The first-order chi connectivity index (χ1) is 19.0. The molecule has 0 aromatic heterocycles. The first kappa shape index (κ1) is 30.7. The molecule has 0 saturated carbocycles. The molecule has 0 aliphatic rings. The van der Waals surface area contributed by atoms with Crippen LogP contribution in [0.4, 0.5) is 5.69 Å². The normalized spacial score (nSPS) is 12.8. The molecule has 3 aromatic rings. The summed E-state index contributed by atoms with van der Waals surface area (Å²) < 4.78 is 34.1. The van der Waals surface area contributed by atoms with Crippen molar-refractivity contribution in [2.24, 2.45) is 0 Å². The largest absolute Gasteiger partial charge is 0.497 e. The van der Waals surface area contributed by atoms with Crippen LogP contribution in [0.1, 0.15) is 43.9 Å². The fourth-order valence-electron chi connectivity index (χ4n) is 4.05. The molecule has 3 aromatic carbocycles.